The zero-order valence-corrected chi connectivity index (χ0v) is 17.7. The Morgan fingerprint density at radius 2 is 2.00 bits per heavy atom. The van der Waals surface area contributed by atoms with Gasteiger partial charge in [0.2, 0.25) is 0 Å². The summed E-state index contributed by atoms with van der Waals surface area (Å²) in [5.74, 6) is 2.71. The normalized spacial score (nSPS) is 25.9. The largest absolute Gasteiger partial charge is 0.508 e. The van der Waals surface area contributed by atoms with Gasteiger partial charge in [0, 0.05) is 30.2 Å². The van der Waals surface area contributed by atoms with E-state index < -0.39 is 0 Å². The van der Waals surface area contributed by atoms with Gasteiger partial charge in [-0.3, -0.25) is 4.79 Å². The highest BCUT2D eigenvalue weighted by Gasteiger charge is 2.47. The second-order valence-corrected chi connectivity index (χ2v) is 9.41. The lowest BCUT2D eigenvalue weighted by atomic mass is 9.66. The van der Waals surface area contributed by atoms with Crippen molar-refractivity contribution in [3.8, 4) is 11.5 Å². The summed E-state index contributed by atoms with van der Waals surface area (Å²) in [4.78, 5) is 12.1. The van der Waals surface area contributed by atoms with E-state index in [0.29, 0.717) is 36.2 Å². The molecule has 1 aromatic carbocycles. The molecule has 1 fully saturated rings. The summed E-state index contributed by atoms with van der Waals surface area (Å²) in [5, 5.41) is 10.9. The maximum absolute atomic E-state index is 12.1. The van der Waals surface area contributed by atoms with Gasteiger partial charge in [-0.15, -0.1) is 0 Å². The average molecular weight is 373 g/mol. The van der Waals surface area contributed by atoms with Crippen molar-refractivity contribution in [1.29, 1.82) is 0 Å². The SMILES string of the molecule is CCCCCC(C)C(C)c1cc(O)c2c(c1)OC(C)(C)C1CCC(=O)CC21. The Labute approximate surface area is 164 Å². The molecule has 0 radical (unpaired) electrons. The third-order valence-corrected chi connectivity index (χ3v) is 7.09. The van der Waals surface area contributed by atoms with Gasteiger partial charge in [-0.2, -0.15) is 0 Å². The van der Waals surface area contributed by atoms with Crippen molar-refractivity contribution in [1.82, 2.24) is 0 Å². The summed E-state index contributed by atoms with van der Waals surface area (Å²) in [5.41, 5.74) is 1.70. The first-order valence-corrected chi connectivity index (χ1v) is 10.8. The number of phenols is 1. The van der Waals surface area contributed by atoms with Crippen molar-refractivity contribution in [2.45, 2.75) is 97.0 Å². The van der Waals surface area contributed by atoms with Crippen LogP contribution in [0.3, 0.4) is 0 Å². The van der Waals surface area contributed by atoms with Crippen LogP contribution in [0.1, 0.15) is 103 Å². The van der Waals surface area contributed by atoms with E-state index in [-0.39, 0.29) is 17.4 Å². The molecule has 1 saturated carbocycles. The topological polar surface area (TPSA) is 46.5 Å². The molecule has 1 aliphatic heterocycles. The number of hydrogen-bond acceptors (Lipinski definition) is 3. The zero-order chi connectivity index (χ0) is 19.8. The average Bonchev–Trinajstić information content (AvgIpc) is 2.59. The molecular formula is C24H36O3. The van der Waals surface area contributed by atoms with Gasteiger partial charge < -0.3 is 9.84 Å². The number of carbonyl (C=O) groups is 1. The number of aromatic hydroxyl groups is 1. The number of unbranched alkanes of at least 4 members (excludes halogenated alkanes) is 2. The molecule has 3 rings (SSSR count). The second-order valence-electron chi connectivity index (χ2n) is 9.41. The number of ketones is 1. The van der Waals surface area contributed by atoms with Crippen molar-refractivity contribution in [2.24, 2.45) is 11.8 Å². The highest BCUT2D eigenvalue weighted by atomic mass is 16.5. The van der Waals surface area contributed by atoms with Crippen LogP contribution >= 0.6 is 0 Å². The van der Waals surface area contributed by atoms with Gasteiger partial charge in [-0.05, 0) is 49.8 Å². The standard InChI is InChI=1S/C24H36O3/c1-6-7-8-9-15(2)16(3)17-12-21(26)23-19-14-18(25)10-11-20(19)24(4,5)27-22(23)13-17/h12-13,15-16,19-20,26H,6-11,14H2,1-5H3. The van der Waals surface area contributed by atoms with E-state index in [9.17, 15) is 9.90 Å². The monoisotopic (exact) mass is 372 g/mol. The van der Waals surface area contributed by atoms with Crippen molar-refractivity contribution < 1.29 is 14.6 Å². The molecule has 0 saturated heterocycles. The van der Waals surface area contributed by atoms with Gasteiger partial charge in [0.1, 0.15) is 22.9 Å². The lowest BCUT2D eigenvalue weighted by molar-refractivity contribution is -0.124. The van der Waals surface area contributed by atoms with Crippen LogP contribution in [-0.2, 0) is 4.79 Å². The quantitative estimate of drug-likeness (QED) is 0.593. The van der Waals surface area contributed by atoms with Crippen LogP contribution in [0, 0.1) is 11.8 Å². The highest BCUT2D eigenvalue weighted by molar-refractivity contribution is 5.81. The summed E-state index contributed by atoms with van der Waals surface area (Å²) < 4.78 is 6.40. The van der Waals surface area contributed by atoms with Crippen LogP contribution in [0.2, 0.25) is 0 Å². The van der Waals surface area contributed by atoms with Crippen LogP contribution in [0.25, 0.3) is 0 Å². The fourth-order valence-electron chi connectivity index (χ4n) is 5.15. The van der Waals surface area contributed by atoms with Crippen molar-refractivity contribution in [3.05, 3.63) is 23.3 Å². The number of hydrogen-bond donors (Lipinski definition) is 1. The van der Waals surface area contributed by atoms with E-state index >= 15 is 0 Å². The minimum atomic E-state index is -0.306. The lowest BCUT2D eigenvalue weighted by Gasteiger charge is -2.47. The first-order chi connectivity index (χ1) is 12.7. The van der Waals surface area contributed by atoms with Crippen LogP contribution < -0.4 is 4.74 Å². The van der Waals surface area contributed by atoms with Crippen LogP contribution in [-0.4, -0.2) is 16.5 Å². The van der Waals surface area contributed by atoms with E-state index in [1.165, 1.54) is 25.7 Å². The van der Waals surface area contributed by atoms with Crippen molar-refractivity contribution in [2.75, 3.05) is 0 Å². The number of carbonyl (C=O) groups excluding carboxylic acids is 1. The number of fused-ring (bicyclic) bond motifs is 3. The summed E-state index contributed by atoms with van der Waals surface area (Å²) in [6.07, 6.45) is 7.00. The van der Waals surface area contributed by atoms with Crippen molar-refractivity contribution >= 4 is 5.78 Å². The van der Waals surface area contributed by atoms with E-state index in [0.717, 1.165) is 23.3 Å². The fraction of sp³-hybridized carbons (Fsp3) is 0.708. The van der Waals surface area contributed by atoms with E-state index in [2.05, 4.69) is 40.7 Å². The molecule has 27 heavy (non-hydrogen) atoms. The molecule has 2 aliphatic rings. The summed E-state index contributed by atoms with van der Waals surface area (Å²) in [6, 6.07) is 4.06. The minimum Gasteiger partial charge on any atom is -0.508 e. The summed E-state index contributed by atoms with van der Waals surface area (Å²) in [7, 11) is 0. The van der Waals surface area contributed by atoms with Crippen molar-refractivity contribution in [3.63, 3.8) is 0 Å². The Balaban J connectivity index is 1.90. The van der Waals surface area contributed by atoms with Gasteiger partial charge >= 0.3 is 0 Å². The molecule has 1 N–H and O–H groups in total. The summed E-state index contributed by atoms with van der Waals surface area (Å²) in [6.45, 7) is 11.0. The van der Waals surface area contributed by atoms with Crippen LogP contribution in [0.4, 0.5) is 0 Å². The lowest BCUT2D eigenvalue weighted by Crippen LogP contribution is -2.47. The fourth-order valence-corrected chi connectivity index (χ4v) is 5.15. The molecule has 0 bridgehead atoms. The predicted molar refractivity (Wildman–Crippen MR) is 110 cm³/mol. The van der Waals surface area contributed by atoms with Gasteiger partial charge in [0.05, 0.1) is 0 Å². The molecule has 4 unspecified atom stereocenters. The van der Waals surface area contributed by atoms with E-state index in [4.69, 9.17) is 4.74 Å². The van der Waals surface area contributed by atoms with Gasteiger partial charge in [-0.1, -0.05) is 46.5 Å². The third-order valence-electron chi connectivity index (χ3n) is 7.09. The first kappa shape index (κ1) is 20.2. The first-order valence-electron chi connectivity index (χ1n) is 10.8. The molecule has 3 heteroatoms. The molecule has 0 aromatic heterocycles. The van der Waals surface area contributed by atoms with Crippen LogP contribution in [0.15, 0.2) is 12.1 Å². The Kier molecular flexibility index (Phi) is 5.88. The third kappa shape index (κ3) is 4.02. The Hall–Kier alpha value is -1.51. The van der Waals surface area contributed by atoms with Gasteiger partial charge in [-0.25, -0.2) is 0 Å². The van der Waals surface area contributed by atoms with Gasteiger partial charge in [0.15, 0.2) is 0 Å². The molecule has 4 atom stereocenters. The molecule has 150 valence electrons. The molecule has 1 aromatic rings. The predicted octanol–water partition coefficient (Wildman–Crippen LogP) is 6.34. The van der Waals surface area contributed by atoms with Gasteiger partial charge in [0.25, 0.3) is 0 Å². The molecular weight excluding hydrogens is 336 g/mol. The van der Waals surface area contributed by atoms with Crippen LogP contribution in [0.5, 0.6) is 11.5 Å². The smallest absolute Gasteiger partial charge is 0.133 e. The number of ether oxygens (including phenoxy) is 1. The number of benzene rings is 1. The highest BCUT2D eigenvalue weighted by Crippen LogP contribution is 2.54. The maximum Gasteiger partial charge on any atom is 0.133 e. The Morgan fingerprint density at radius 3 is 2.70 bits per heavy atom. The molecule has 0 amide bonds. The van der Waals surface area contributed by atoms with E-state index in [1.807, 2.05) is 6.07 Å². The number of Topliss-reactive ketones (excluding diaryl/α,β-unsaturated/α-hetero) is 1. The number of rotatable bonds is 6. The second kappa shape index (κ2) is 7.85. The Bertz CT molecular complexity index is 691. The molecule has 1 aliphatic carbocycles. The minimum absolute atomic E-state index is 0.0799. The maximum atomic E-state index is 12.1. The zero-order valence-electron chi connectivity index (χ0n) is 17.7. The summed E-state index contributed by atoms with van der Waals surface area (Å²) >= 11 is 0. The Morgan fingerprint density at radius 1 is 1.26 bits per heavy atom. The number of phenolic OH excluding ortho intramolecular Hbond substituents is 1. The molecule has 3 nitrogen and oxygen atoms in total. The molecule has 0 spiro atoms. The molecule has 1 heterocycles. The van der Waals surface area contributed by atoms with E-state index in [1.54, 1.807) is 0 Å².